The number of rotatable bonds is 15. The Kier molecular flexibility index (Phi) is 10.8. The Hall–Kier alpha value is -3.82. The number of epoxide rings is 1. The van der Waals surface area contributed by atoms with Crippen LogP contribution in [0.4, 0.5) is 0 Å². The van der Waals surface area contributed by atoms with E-state index >= 15 is 0 Å². The van der Waals surface area contributed by atoms with Crippen LogP contribution in [0.1, 0.15) is 45.1 Å². The Bertz CT molecular complexity index is 1330. The quantitative estimate of drug-likeness (QED) is 0.0532. The molecule has 41 heavy (non-hydrogen) atoms. The maximum atomic E-state index is 12.9. The highest BCUT2D eigenvalue weighted by atomic mass is 16.7. The Morgan fingerprint density at radius 1 is 0.976 bits per heavy atom. The van der Waals surface area contributed by atoms with Crippen LogP contribution in [-0.4, -0.2) is 61.8 Å². The predicted octanol–water partition coefficient (Wildman–Crippen LogP) is 4.80. The lowest BCUT2D eigenvalue weighted by Crippen LogP contribution is -2.29. The number of carbonyl (C=O) groups is 3. The molecule has 1 aliphatic rings. The molecule has 0 saturated carbocycles. The average Bonchev–Trinajstić information content (AvgIpc) is 3.82. The molecule has 0 spiro atoms. The van der Waals surface area contributed by atoms with Crippen molar-refractivity contribution < 1.29 is 38.5 Å². The number of carbonyl (C=O) groups excluding carboxylic acids is 3. The largest absolute Gasteiger partial charge is 0.465 e. The Morgan fingerprint density at radius 3 is 2.22 bits per heavy atom. The second-order valence-electron chi connectivity index (χ2n) is 10.4. The smallest absolute Gasteiger partial charge is 0.337 e. The van der Waals surface area contributed by atoms with E-state index in [1.54, 1.807) is 13.1 Å². The van der Waals surface area contributed by atoms with Gasteiger partial charge < -0.3 is 24.2 Å². The van der Waals surface area contributed by atoms with Crippen molar-refractivity contribution in [3.8, 4) is 0 Å². The Morgan fingerprint density at radius 2 is 1.61 bits per heavy atom. The predicted molar refractivity (Wildman–Crippen MR) is 154 cm³/mol. The van der Waals surface area contributed by atoms with Gasteiger partial charge in [0, 0.05) is 18.6 Å². The molecule has 0 radical (unpaired) electrons. The van der Waals surface area contributed by atoms with Gasteiger partial charge >= 0.3 is 17.9 Å². The van der Waals surface area contributed by atoms with Crippen LogP contribution in [0, 0.1) is 17.8 Å². The van der Waals surface area contributed by atoms with Crippen LogP contribution >= 0.6 is 0 Å². The summed E-state index contributed by atoms with van der Waals surface area (Å²) >= 11 is 0. The number of fused-ring (bicyclic) bond motifs is 2. The normalized spacial score (nSPS) is 16.8. The van der Waals surface area contributed by atoms with Gasteiger partial charge in [-0.1, -0.05) is 67.5 Å². The summed E-state index contributed by atoms with van der Waals surface area (Å²) in [5.74, 6) is -3.50. The van der Waals surface area contributed by atoms with Gasteiger partial charge in [0.15, 0.2) is 0 Å². The molecule has 0 amide bonds. The van der Waals surface area contributed by atoms with E-state index in [2.05, 4.69) is 11.2 Å². The standard InChI is InChI=1S/C32H37NO8/c1-3-22(31(36)40-20-26-19-39-26)16-25(32(37)38-14-8-13-34)15-21(2)30(35)41-33-18-29-27-11-6-4-9-23(27)17-24-10-5-7-12-28(24)29/h4-7,9-12,17-18,21-22,25-26,34H,3,8,13-16,19-20H2,1-2H3/b33-18+. The number of ether oxygens (including phenoxy) is 3. The maximum Gasteiger partial charge on any atom is 0.337 e. The topological polar surface area (TPSA) is 124 Å². The lowest BCUT2D eigenvalue weighted by Gasteiger charge is -2.22. The van der Waals surface area contributed by atoms with E-state index in [1.165, 1.54) is 0 Å². The van der Waals surface area contributed by atoms with E-state index in [-0.39, 0.29) is 38.8 Å². The van der Waals surface area contributed by atoms with Crippen molar-refractivity contribution in [2.45, 2.75) is 45.6 Å². The molecule has 4 rings (SSSR count). The average molecular weight is 564 g/mol. The van der Waals surface area contributed by atoms with Crippen LogP contribution in [0.2, 0.25) is 0 Å². The van der Waals surface area contributed by atoms with Gasteiger partial charge in [-0.3, -0.25) is 9.59 Å². The highest BCUT2D eigenvalue weighted by Crippen LogP contribution is 2.28. The van der Waals surface area contributed by atoms with Gasteiger partial charge in [-0.05, 0) is 46.9 Å². The van der Waals surface area contributed by atoms with Crippen LogP contribution < -0.4 is 0 Å². The summed E-state index contributed by atoms with van der Waals surface area (Å²) in [7, 11) is 0. The van der Waals surface area contributed by atoms with Gasteiger partial charge in [-0.15, -0.1) is 0 Å². The SMILES string of the molecule is CCC(CC(CC(C)C(=O)O/N=C/c1c2ccccc2cc2ccccc12)C(=O)OCCCO)C(=O)OCC1CO1. The molecule has 1 aliphatic heterocycles. The van der Waals surface area contributed by atoms with Crippen molar-refractivity contribution in [2.75, 3.05) is 26.4 Å². The second kappa shape index (κ2) is 14.7. The first-order valence-electron chi connectivity index (χ1n) is 14.1. The van der Waals surface area contributed by atoms with Gasteiger partial charge in [0.1, 0.15) is 12.7 Å². The molecule has 4 unspecified atom stereocenters. The summed E-state index contributed by atoms with van der Waals surface area (Å²) in [5, 5.41) is 17.1. The third-order valence-electron chi connectivity index (χ3n) is 7.27. The molecule has 1 fully saturated rings. The number of oxime groups is 1. The van der Waals surface area contributed by atoms with E-state index in [1.807, 2.05) is 55.5 Å². The zero-order valence-electron chi connectivity index (χ0n) is 23.5. The summed E-state index contributed by atoms with van der Waals surface area (Å²) in [6, 6.07) is 18.0. The van der Waals surface area contributed by atoms with Crippen LogP contribution in [0.5, 0.6) is 0 Å². The minimum atomic E-state index is -0.739. The van der Waals surface area contributed by atoms with Crippen LogP contribution in [0.15, 0.2) is 59.8 Å². The van der Waals surface area contributed by atoms with E-state index in [9.17, 15) is 14.4 Å². The lowest BCUT2D eigenvalue weighted by atomic mass is 9.86. The molecule has 9 nitrogen and oxygen atoms in total. The fourth-order valence-corrected chi connectivity index (χ4v) is 4.81. The molecular formula is C32H37NO8. The summed E-state index contributed by atoms with van der Waals surface area (Å²) < 4.78 is 15.8. The minimum absolute atomic E-state index is 0.0498. The molecule has 1 saturated heterocycles. The summed E-state index contributed by atoms with van der Waals surface area (Å²) in [4.78, 5) is 43.8. The van der Waals surface area contributed by atoms with E-state index in [0.29, 0.717) is 19.4 Å². The van der Waals surface area contributed by atoms with Crippen molar-refractivity contribution in [3.05, 3.63) is 60.2 Å². The zero-order valence-corrected chi connectivity index (χ0v) is 23.5. The molecule has 0 aromatic heterocycles. The third kappa shape index (κ3) is 8.34. The van der Waals surface area contributed by atoms with Gasteiger partial charge in [0.05, 0.1) is 37.2 Å². The fourth-order valence-electron chi connectivity index (χ4n) is 4.81. The highest BCUT2D eigenvalue weighted by Gasteiger charge is 2.33. The summed E-state index contributed by atoms with van der Waals surface area (Å²) in [6.07, 6.45) is 2.53. The van der Waals surface area contributed by atoms with Crippen molar-refractivity contribution in [1.29, 1.82) is 0 Å². The van der Waals surface area contributed by atoms with Gasteiger partial charge in [0.2, 0.25) is 0 Å². The van der Waals surface area contributed by atoms with E-state index in [0.717, 1.165) is 27.1 Å². The number of esters is 2. The van der Waals surface area contributed by atoms with Gasteiger partial charge in [-0.2, -0.15) is 0 Å². The molecule has 1 heterocycles. The minimum Gasteiger partial charge on any atom is -0.465 e. The van der Waals surface area contributed by atoms with Crippen LogP contribution in [-0.2, 0) is 33.4 Å². The Labute approximate surface area is 239 Å². The highest BCUT2D eigenvalue weighted by molar-refractivity contribution is 6.13. The first kappa shape index (κ1) is 30.1. The monoisotopic (exact) mass is 563 g/mol. The first-order chi connectivity index (χ1) is 19.9. The fraction of sp³-hybridized carbons (Fsp3) is 0.438. The van der Waals surface area contributed by atoms with Crippen molar-refractivity contribution in [1.82, 2.24) is 0 Å². The van der Waals surface area contributed by atoms with Crippen molar-refractivity contribution in [3.63, 3.8) is 0 Å². The number of nitrogens with zero attached hydrogens (tertiary/aromatic N) is 1. The summed E-state index contributed by atoms with van der Waals surface area (Å²) in [6.45, 7) is 4.20. The van der Waals surface area contributed by atoms with Crippen molar-refractivity contribution >= 4 is 45.7 Å². The van der Waals surface area contributed by atoms with Crippen molar-refractivity contribution in [2.24, 2.45) is 22.9 Å². The second-order valence-corrected chi connectivity index (χ2v) is 10.4. The molecule has 218 valence electrons. The molecule has 3 aromatic carbocycles. The van der Waals surface area contributed by atoms with E-state index in [4.69, 9.17) is 24.2 Å². The molecule has 3 aromatic rings. The third-order valence-corrected chi connectivity index (χ3v) is 7.27. The lowest BCUT2D eigenvalue weighted by molar-refractivity contribution is -0.155. The first-order valence-corrected chi connectivity index (χ1v) is 14.1. The van der Waals surface area contributed by atoms with E-state index < -0.39 is 35.7 Å². The Balaban J connectivity index is 1.43. The van der Waals surface area contributed by atoms with Crippen LogP contribution in [0.3, 0.4) is 0 Å². The molecule has 4 atom stereocenters. The molecular weight excluding hydrogens is 526 g/mol. The number of aliphatic hydroxyl groups is 1. The zero-order chi connectivity index (χ0) is 29.2. The molecule has 0 aliphatic carbocycles. The number of aliphatic hydroxyl groups excluding tert-OH is 1. The number of hydrogen-bond donors (Lipinski definition) is 1. The maximum absolute atomic E-state index is 12.9. The van der Waals surface area contributed by atoms with Gasteiger partial charge in [-0.25, -0.2) is 4.79 Å². The molecule has 1 N–H and O–H groups in total. The van der Waals surface area contributed by atoms with Gasteiger partial charge in [0.25, 0.3) is 0 Å². The summed E-state index contributed by atoms with van der Waals surface area (Å²) in [5.41, 5.74) is 0.838. The van der Waals surface area contributed by atoms with Crippen LogP contribution in [0.25, 0.3) is 21.5 Å². The molecule has 9 heteroatoms. The number of hydrogen-bond acceptors (Lipinski definition) is 9. The number of benzene rings is 3. The molecule has 0 bridgehead atoms.